The third-order valence-electron chi connectivity index (χ3n) is 6.10. The van der Waals surface area contributed by atoms with Crippen LogP contribution in [0.2, 0.25) is 0 Å². The molecule has 0 unspecified atom stereocenters. The van der Waals surface area contributed by atoms with Gasteiger partial charge in [0.25, 0.3) is 0 Å². The second-order valence-electron chi connectivity index (χ2n) is 8.50. The van der Waals surface area contributed by atoms with Crippen molar-refractivity contribution in [2.45, 2.75) is 0 Å². The highest BCUT2D eigenvalue weighted by Gasteiger charge is 2.14. The second kappa shape index (κ2) is 9.91. The minimum Gasteiger partial charge on any atom is -0.496 e. The number of hydrogen-bond acceptors (Lipinski definition) is 5. The molecule has 0 amide bonds. The predicted molar refractivity (Wildman–Crippen MR) is 147 cm³/mol. The van der Waals surface area contributed by atoms with Gasteiger partial charge in [0.15, 0.2) is 5.58 Å². The van der Waals surface area contributed by atoms with E-state index in [1.54, 1.807) is 13.3 Å². The van der Waals surface area contributed by atoms with Crippen molar-refractivity contribution < 1.29 is 9.15 Å². The maximum absolute atomic E-state index is 5.93. The van der Waals surface area contributed by atoms with Gasteiger partial charge < -0.3 is 9.15 Å². The Hall–Kier alpha value is -5.03. The number of oxazole rings is 1. The fourth-order valence-corrected chi connectivity index (χ4v) is 4.26. The van der Waals surface area contributed by atoms with Crippen LogP contribution in [0.4, 0.5) is 5.69 Å². The molecule has 0 aliphatic rings. The van der Waals surface area contributed by atoms with Crippen LogP contribution in [0.15, 0.2) is 131 Å². The van der Waals surface area contributed by atoms with Gasteiger partial charge in [-0.05, 0) is 42.5 Å². The number of hydrogen-bond donors (Lipinski definition) is 0. The van der Waals surface area contributed by atoms with E-state index >= 15 is 0 Å². The van der Waals surface area contributed by atoms with E-state index in [0.29, 0.717) is 11.6 Å². The number of nitrogens with zero attached hydrogens (tertiary/aromatic N) is 3. The summed E-state index contributed by atoms with van der Waals surface area (Å²) in [7, 11) is 1.65. The fraction of sp³-hybridized carbons (Fsp3) is 0.0312. The monoisotopic (exact) mass is 481 g/mol. The van der Waals surface area contributed by atoms with Crippen molar-refractivity contribution in [3.05, 3.63) is 133 Å². The lowest BCUT2D eigenvalue weighted by molar-refractivity contribution is 0.416. The Morgan fingerprint density at radius 3 is 2.11 bits per heavy atom. The van der Waals surface area contributed by atoms with E-state index in [9.17, 15) is 0 Å². The number of benzene rings is 4. The minimum absolute atomic E-state index is 0.554. The highest BCUT2D eigenvalue weighted by atomic mass is 16.5. The number of fused-ring (bicyclic) bond motifs is 1. The molecule has 5 nitrogen and oxygen atoms in total. The smallest absolute Gasteiger partial charge is 0.227 e. The number of para-hydroxylation sites is 2. The highest BCUT2D eigenvalue weighted by Crippen LogP contribution is 2.34. The lowest BCUT2D eigenvalue weighted by Crippen LogP contribution is -2.02. The average molecular weight is 482 g/mol. The first kappa shape index (κ1) is 22.4. The molecule has 0 saturated heterocycles. The van der Waals surface area contributed by atoms with E-state index in [-0.39, 0.29) is 0 Å². The van der Waals surface area contributed by atoms with Crippen LogP contribution in [0.3, 0.4) is 0 Å². The topological polar surface area (TPSA) is 60.5 Å². The summed E-state index contributed by atoms with van der Waals surface area (Å²) < 4.78 is 11.6. The molecule has 2 aromatic heterocycles. The lowest BCUT2D eigenvalue weighted by Gasteiger charge is -2.10. The number of pyridine rings is 1. The molecule has 0 fully saturated rings. The summed E-state index contributed by atoms with van der Waals surface area (Å²) in [5.74, 6) is 1.25. The van der Waals surface area contributed by atoms with E-state index in [1.165, 1.54) is 0 Å². The summed E-state index contributed by atoms with van der Waals surface area (Å²) in [6.07, 6.45) is 1.79. The van der Waals surface area contributed by atoms with Gasteiger partial charge in [-0.15, -0.1) is 0 Å². The molecular weight excluding hydrogens is 458 g/mol. The molecule has 0 aliphatic heterocycles. The van der Waals surface area contributed by atoms with Gasteiger partial charge in [0, 0.05) is 22.3 Å². The van der Waals surface area contributed by atoms with Crippen molar-refractivity contribution in [3.63, 3.8) is 0 Å². The molecule has 0 bridgehead atoms. The molecule has 0 N–H and O–H groups in total. The van der Waals surface area contributed by atoms with Gasteiger partial charge >= 0.3 is 0 Å². The van der Waals surface area contributed by atoms with Gasteiger partial charge in [-0.3, -0.25) is 4.98 Å². The van der Waals surface area contributed by atoms with Crippen molar-refractivity contribution in [2.75, 3.05) is 7.11 Å². The van der Waals surface area contributed by atoms with Crippen LogP contribution < -0.4 is 4.74 Å². The van der Waals surface area contributed by atoms with Crippen LogP contribution in [0.5, 0.6) is 5.75 Å². The summed E-state index contributed by atoms with van der Waals surface area (Å²) in [5, 5.41) is 0. The van der Waals surface area contributed by atoms with Gasteiger partial charge in [-0.25, -0.2) is 9.98 Å². The molecule has 0 atom stereocenters. The lowest BCUT2D eigenvalue weighted by atomic mass is 10.0. The molecule has 4 aromatic carbocycles. The van der Waals surface area contributed by atoms with E-state index < -0.39 is 0 Å². The third kappa shape index (κ3) is 4.62. The summed E-state index contributed by atoms with van der Waals surface area (Å²) in [6, 6.07) is 37.9. The highest BCUT2D eigenvalue weighted by molar-refractivity contribution is 6.13. The molecule has 2 heterocycles. The van der Waals surface area contributed by atoms with Crippen LogP contribution in [0, 0.1) is 0 Å². The van der Waals surface area contributed by atoms with E-state index in [1.807, 2.05) is 91.0 Å². The Morgan fingerprint density at radius 1 is 0.757 bits per heavy atom. The summed E-state index contributed by atoms with van der Waals surface area (Å²) in [5.41, 5.74) is 7.86. The van der Waals surface area contributed by atoms with E-state index in [2.05, 4.69) is 29.2 Å². The quantitative estimate of drug-likeness (QED) is 0.228. The van der Waals surface area contributed by atoms with Crippen molar-refractivity contribution in [3.8, 4) is 28.5 Å². The standard InChI is InChI=1S/C32H23N3O2/c1-36-30-20-24(32-35-28-14-8-9-15-29(28)37-32)16-18-26(30)27-19-17-25(21-33-27)34-31(22-10-4-2-5-11-22)23-12-6-3-7-13-23/h2-21H,1H3. The maximum Gasteiger partial charge on any atom is 0.227 e. The average Bonchev–Trinajstić information content (AvgIpc) is 3.41. The van der Waals surface area contributed by atoms with Gasteiger partial charge in [-0.1, -0.05) is 72.8 Å². The van der Waals surface area contributed by atoms with Crippen molar-refractivity contribution >= 4 is 22.5 Å². The molecule has 0 spiro atoms. The van der Waals surface area contributed by atoms with E-state index in [0.717, 1.165) is 50.4 Å². The van der Waals surface area contributed by atoms with Gasteiger partial charge in [0.1, 0.15) is 11.3 Å². The first-order valence-electron chi connectivity index (χ1n) is 12.0. The molecule has 6 aromatic rings. The Labute approximate surface area is 214 Å². The van der Waals surface area contributed by atoms with Crippen LogP contribution in [0.1, 0.15) is 11.1 Å². The Balaban J connectivity index is 1.33. The maximum atomic E-state index is 5.93. The number of aromatic nitrogens is 2. The molecule has 5 heteroatoms. The first-order chi connectivity index (χ1) is 18.3. The Morgan fingerprint density at radius 2 is 1.46 bits per heavy atom. The number of rotatable bonds is 6. The van der Waals surface area contributed by atoms with Gasteiger partial charge in [-0.2, -0.15) is 0 Å². The number of aliphatic imine (C=N–C) groups is 1. The summed E-state index contributed by atoms with van der Waals surface area (Å²) >= 11 is 0. The zero-order valence-electron chi connectivity index (χ0n) is 20.2. The third-order valence-corrected chi connectivity index (χ3v) is 6.10. The molecule has 0 radical (unpaired) electrons. The van der Waals surface area contributed by atoms with Crippen molar-refractivity contribution in [2.24, 2.45) is 4.99 Å². The zero-order chi connectivity index (χ0) is 25.0. The van der Waals surface area contributed by atoms with Crippen molar-refractivity contribution in [1.82, 2.24) is 9.97 Å². The van der Waals surface area contributed by atoms with Crippen molar-refractivity contribution in [1.29, 1.82) is 0 Å². The van der Waals surface area contributed by atoms with E-state index in [4.69, 9.17) is 19.1 Å². The molecule has 0 aliphatic carbocycles. The van der Waals surface area contributed by atoms with Gasteiger partial charge in [0.05, 0.1) is 30.4 Å². The number of ether oxygens (including phenoxy) is 1. The van der Waals surface area contributed by atoms with Gasteiger partial charge in [0.2, 0.25) is 5.89 Å². The molecule has 37 heavy (non-hydrogen) atoms. The fourth-order valence-electron chi connectivity index (χ4n) is 4.26. The largest absolute Gasteiger partial charge is 0.496 e. The number of methoxy groups -OCH3 is 1. The SMILES string of the molecule is COc1cc(-c2nc3ccccc3o2)ccc1-c1ccc(N=C(c2ccccc2)c2ccccc2)cn1. The predicted octanol–water partition coefficient (Wildman–Crippen LogP) is 7.73. The molecule has 0 saturated carbocycles. The Bertz CT molecular complexity index is 1620. The molecule has 178 valence electrons. The van der Waals surface area contributed by atoms with Crippen LogP contribution in [-0.4, -0.2) is 22.8 Å². The Kier molecular flexibility index (Phi) is 6.01. The summed E-state index contributed by atoms with van der Waals surface area (Å²) in [4.78, 5) is 14.3. The molecule has 6 rings (SSSR count). The van der Waals surface area contributed by atoms with Crippen LogP contribution >= 0.6 is 0 Å². The first-order valence-corrected chi connectivity index (χ1v) is 12.0. The second-order valence-corrected chi connectivity index (χ2v) is 8.50. The van der Waals surface area contributed by atoms with Crippen LogP contribution in [0.25, 0.3) is 33.8 Å². The minimum atomic E-state index is 0.554. The zero-order valence-corrected chi connectivity index (χ0v) is 20.2. The normalized spacial score (nSPS) is 10.8. The van der Waals surface area contributed by atoms with Crippen LogP contribution in [-0.2, 0) is 0 Å². The molecular formula is C32H23N3O2. The summed E-state index contributed by atoms with van der Waals surface area (Å²) in [6.45, 7) is 0.